The number of halogens is 2. The fraction of sp³-hybridized carbons (Fsp3) is 0.440. The Bertz CT molecular complexity index is 1170. The van der Waals surface area contributed by atoms with Gasteiger partial charge in [-0.1, -0.05) is 22.9 Å². The van der Waals surface area contributed by atoms with Crippen LogP contribution in [-0.4, -0.2) is 76.5 Å². The minimum absolute atomic E-state index is 0. The molecular formula is C25H31Cl2N3O5S. The van der Waals surface area contributed by atoms with Gasteiger partial charge in [0.2, 0.25) is 5.75 Å². The SMILES string of the molecule is COc1cc(C(=O)N(CCCN2CCOCC2)c2nc3c(C)cc(Cl)cc3s2)cc(OC)c1OC.Cl. The Morgan fingerprint density at radius 2 is 1.78 bits per heavy atom. The number of amides is 1. The largest absolute Gasteiger partial charge is 0.493 e. The summed E-state index contributed by atoms with van der Waals surface area (Å²) in [5.41, 5.74) is 2.26. The lowest BCUT2D eigenvalue weighted by Gasteiger charge is -2.28. The highest BCUT2D eigenvalue weighted by atomic mass is 35.5. The van der Waals surface area contributed by atoms with Crippen molar-refractivity contribution in [3.8, 4) is 17.2 Å². The normalized spacial score (nSPS) is 13.8. The van der Waals surface area contributed by atoms with Crippen LogP contribution < -0.4 is 19.1 Å². The van der Waals surface area contributed by atoms with Crippen LogP contribution in [0.5, 0.6) is 17.2 Å². The first-order chi connectivity index (χ1) is 16.9. The first kappa shape index (κ1) is 28.3. The number of nitrogens with zero attached hydrogens (tertiary/aromatic N) is 3. The molecule has 4 rings (SSSR count). The molecule has 2 heterocycles. The summed E-state index contributed by atoms with van der Waals surface area (Å²) in [6, 6.07) is 7.13. The van der Waals surface area contributed by atoms with Crippen LogP contribution in [0.25, 0.3) is 10.2 Å². The molecule has 1 amide bonds. The van der Waals surface area contributed by atoms with Gasteiger partial charge in [0.25, 0.3) is 5.91 Å². The van der Waals surface area contributed by atoms with Crippen molar-refractivity contribution in [3.05, 3.63) is 40.4 Å². The molecule has 11 heteroatoms. The molecule has 1 aromatic heterocycles. The van der Waals surface area contributed by atoms with Crippen LogP contribution in [0, 0.1) is 6.92 Å². The van der Waals surface area contributed by atoms with Crippen molar-refractivity contribution in [1.29, 1.82) is 0 Å². The third-order valence-electron chi connectivity index (χ3n) is 5.99. The molecule has 1 saturated heterocycles. The zero-order valence-electron chi connectivity index (χ0n) is 20.8. The molecule has 36 heavy (non-hydrogen) atoms. The van der Waals surface area contributed by atoms with Crippen molar-refractivity contribution in [2.45, 2.75) is 13.3 Å². The quantitative estimate of drug-likeness (QED) is 0.364. The number of rotatable bonds is 9. The molecule has 196 valence electrons. The molecule has 0 spiro atoms. The molecule has 1 aliphatic rings. The molecule has 0 atom stereocenters. The van der Waals surface area contributed by atoms with Gasteiger partial charge in [-0.25, -0.2) is 4.98 Å². The third kappa shape index (κ3) is 6.15. The molecular weight excluding hydrogens is 525 g/mol. The first-order valence-corrected chi connectivity index (χ1v) is 12.6. The van der Waals surface area contributed by atoms with Crippen LogP contribution in [0.4, 0.5) is 5.13 Å². The van der Waals surface area contributed by atoms with E-state index in [1.165, 1.54) is 32.7 Å². The fourth-order valence-electron chi connectivity index (χ4n) is 4.18. The molecule has 0 aliphatic carbocycles. The van der Waals surface area contributed by atoms with Gasteiger partial charge >= 0.3 is 0 Å². The van der Waals surface area contributed by atoms with E-state index in [9.17, 15) is 4.79 Å². The monoisotopic (exact) mass is 555 g/mol. The zero-order valence-corrected chi connectivity index (χ0v) is 23.2. The highest BCUT2D eigenvalue weighted by Gasteiger charge is 2.25. The zero-order chi connectivity index (χ0) is 24.9. The Morgan fingerprint density at radius 3 is 2.39 bits per heavy atom. The van der Waals surface area contributed by atoms with Crippen LogP contribution >= 0.6 is 35.3 Å². The number of benzene rings is 2. The van der Waals surface area contributed by atoms with Gasteiger partial charge in [0.15, 0.2) is 16.6 Å². The first-order valence-electron chi connectivity index (χ1n) is 11.4. The average molecular weight is 557 g/mol. The number of morpholine rings is 1. The summed E-state index contributed by atoms with van der Waals surface area (Å²) in [4.78, 5) is 22.8. The summed E-state index contributed by atoms with van der Waals surface area (Å²) in [6.45, 7) is 6.65. The van der Waals surface area contributed by atoms with Crippen molar-refractivity contribution in [2.24, 2.45) is 0 Å². The summed E-state index contributed by atoms with van der Waals surface area (Å²) in [7, 11) is 4.60. The van der Waals surface area contributed by atoms with Crippen molar-refractivity contribution < 1.29 is 23.7 Å². The van der Waals surface area contributed by atoms with Crippen molar-refractivity contribution in [3.63, 3.8) is 0 Å². The molecule has 0 bridgehead atoms. The van der Waals surface area contributed by atoms with Gasteiger partial charge in [0, 0.05) is 36.8 Å². The number of fused-ring (bicyclic) bond motifs is 1. The van der Waals surface area contributed by atoms with E-state index >= 15 is 0 Å². The van der Waals surface area contributed by atoms with Crippen LogP contribution in [-0.2, 0) is 4.74 Å². The van der Waals surface area contributed by atoms with E-state index < -0.39 is 0 Å². The Balaban J connectivity index is 0.00000361. The van der Waals surface area contributed by atoms with E-state index in [1.807, 2.05) is 19.1 Å². The maximum Gasteiger partial charge on any atom is 0.260 e. The van der Waals surface area contributed by atoms with Crippen LogP contribution in [0.3, 0.4) is 0 Å². The number of thiazole rings is 1. The Labute approximate surface area is 226 Å². The number of carbonyl (C=O) groups excluding carboxylic acids is 1. The van der Waals surface area contributed by atoms with Gasteiger partial charge in [0.05, 0.1) is 44.8 Å². The van der Waals surface area contributed by atoms with E-state index in [0.29, 0.717) is 39.5 Å². The van der Waals surface area contributed by atoms with Gasteiger partial charge in [-0.3, -0.25) is 14.6 Å². The third-order valence-corrected chi connectivity index (χ3v) is 7.23. The second kappa shape index (κ2) is 12.8. The van der Waals surface area contributed by atoms with Gasteiger partial charge in [0.1, 0.15) is 0 Å². The fourth-order valence-corrected chi connectivity index (χ4v) is 5.62. The highest BCUT2D eigenvalue weighted by molar-refractivity contribution is 7.22. The number of aromatic nitrogens is 1. The van der Waals surface area contributed by atoms with E-state index in [0.717, 1.165) is 55.0 Å². The predicted molar refractivity (Wildman–Crippen MR) is 146 cm³/mol. The van der Waals surface area contributed by atoms with E-state index in [2.05, 4.69) is 4.90 Å². The standard InChI is InChI=1S/C25H30ClN3O5S.ClH/c1-16-12-18(26)15-21-22(16)27-25(35-21)29(7-5-6-28-8-10-34-11-9-28)24(30)17-13-19(31-2)23(33-4)20(14-17)32-3;/h12-15H,5-11H2,1-4H3;1H. The molecule has 8 nitrogen and oxygen atoms in total. The number of anilines is 1. The molecule has 0 saturated carbocycles. The minimum Gasteiger partial charge on any atom is -0.493 e. The summed E-state index contributed by atoms with van der Waals surface area (Å²) in [6.07, 6.45) is 0.797. The Morgan fingerprint density at radius 1 is 1.11 bits per heavy atom. The number of carbonyl (C=O) groups is 1. The van der Waals surface area contributed by atoms with Gasteiger partial charge in [-0.15, -0.1) is 12.4 Å². The van der Waals surface area contributed by atoms with Crippen molar-refractivity contribution in [2.75, 3.05) is 65.6 Å². The molecule has 0 radical (unpaired) electrons. The lowest BCUT2D eigenvalue weighted by Crippen LogP contribution is -2.39. The van der Waals surface area contributed by atoms with Crippen LogP contribution in [0.15, 0.2) is 24.3 Å². The predicted octanol–water partition coefficient (Wildman–Crippen LogP) is 5.07. The lowest BCUT2D eigenvalue weighted by molar-refractivity contribution is 0.0376. The molecule has 1 fully saturated rings. The number of aryl methyl sites for hydroxylation is 1. The Kier molecular flexibility index (Phi) is 10.0. The summed E-state index contributed by atoms with van der Waals surface area (Å²) < 4.78 is 22.8. The van der Waals surface area contributed by atoms with E-state index in [4.69, 9.17) is 35.5 Å². The minimum atomic E-state index is -0.186. The molecule has 1 aliphatic heterocycles. The molecule has 0 unspecified atom stereocenters. The average Bonchev–Trinajstić information content (AvgIpc) is 3.30. The lowest BCUT2D eigenvalue weighted by atomic mass is 10.1. The topological polar surface area (TPSA) is 73.4 Å². The second-order valence-electron chi connectivity index (χ2n) is 8.24. The number of ether oxygens (including phenoxy) is 4. The van der Waals surface area contributed by atoms with Crippen LogP contribution in [0.2, 0.25) is 5.02 Å². The number of methoxy groups -OCH3 is 3. The summed E-state index contributed by atoms with van der Waals surface area (Å²) in [5, 5.41) is 1.28. The summed E-state index contributed by atoms with van der Waals surface area (Å²) in [5.74, 6) is 1.11. The second-order valence-corrected chi connectivity index (χ2v) is 9.69. The smallest absolute Gasteiger partial charge is 0.260 e. The van der Waals surface area contributed by atoms with Crippen LogP contribution in [0.1, 0.15) is 22.3 Å². The van der Waals surface area contributed by atoms with Gasteiger partial charge < -0.3 is 18.9 Å². The van der Waals surface area contributed by atoms with Crippen molar-refractivity contribution in [1.82, 2.24) is 9.88 Å². The number of hydrogen-bond acceptors (Lipinski definition) is 8. The van der Waals surface area contributed by atoms with Gasteiger partial charge in [-0.05, 0) is 43.2 Å². The summed E-state index contributed by atoms with van der Waals surface area (Å²) >= 11 is 7.74. The Hall–Kier alpha value is -2.30. The van der Waals surface area contributed by atoms with E-state index in [-0.39, 0.29) is 18.3 Å². The molecule has 0 N–H and O–H groups in total. The van der Waals surface area contributed by atoms with Crippen molar-refractivity contribution >= 4 is 56.6 Å². The maximum absolute atomic E-state index is 13.9. The van der Waals surface area contributed by atoms with E-state index in [1.54, 1.807) is 17.0 Å². The maximum atomic E-state index is 13.9. The molecule has 2 aromatic carbocycles. The highest BCUT2D eigenvalue weighted by Crippen LogP contribution is 2.39. The van der Waals surface area contributed by atoms with Gasteiger partial charge in [-0.2, -0.15) is 0 Å². The molecule has 3 aromatic rings. The number of hydrogen-bond donors (Lipinski definition) is 0.